The second kappa shape index (κ2) is 6.35. The van der Waals surface area contributed by atoms with Crippen molar-refractivity contribution in [1.82, 2.24) is 0 Å². The zero-order valence-electron chi connectivity index (χ0n) is 16.3. The van der Waals surface area contributed by atoms with Crippen molar-refractivity contribution in [2.75, 3.05) is 5.33 Å². The highest BCUT2D eigenvalue weighted by molar-refractivity contribution is 9.09. The van der Waals surface area contributed by atoms with Crippen LogP contribution in [0, 0.1) is 52.8 Å². The van der Waals surface area contributed by atoms with E-state index in [1.165, 1.54) is 32.1 Å². The molecule has 0 aliphatic heterocycles. The number of terminal acetylenes is 1. The Hall–Kier alpha value is -0.330. The van der Waals surface area contributed by atoms with Crippen molar-refractivity contribution >= 4 is 21.7 Å². The molecule has 26 heavy (non-hydrogen) atoms. The maximum atomic E-state index is 12.5. The number of Topliss-reactive ketones (excluding diaryl/α,β-unsaturated/α-hetero) is 1. The molecular weight excluding hydrogens is 388 g/mol. The standard InChI is InChI=1S/C23H33BrO2/c1-4-23(26)12-11-21(2)15(13-23)5-6-16-17-7-8-19(20(25)14-24)22(17,3)10-9-18(16)21/h1,15-19,26H,5-14H2,2-3H3/t15-,16+,17+,18+,19-,21+,22+,23-/m1/s1. The van der Waals surface area contributed by atoms with Crippen molar-refractivity contribution in [3.8, 4) is 12.3 Å². The summed E-state index contributed by atoms with van der Waals surface area (Å²) in [5.74, 6) is 6.15. The van der Waals surface area contributed by atoms with E-state index in [2.05, 4.69) is 35.7 Å². The predicted molar refractivity (Wildman–Crippen MR) is 108 cm³/mol. The maximum Gasteiger partial charge on any atom is 0.147 e. The average Bonchev–Trinajstić information content (AvgIpc) is 2.99. The Kier molecular flexibility index (Phi) is 4.64. The van der Waals surface area contributed by atoms with Gasteiger partial charge in [-0.25, -0.2) is 0 Å². The van der Waals surface area contributed by atoms with Crippen molar-refractivity contribution in [3.05, 3.63) is 0 Å². The molecule has 4 aliphatic carbocycles. The number of carbonyl (C=O) groups is 1. The summed E-state index contributed by atoms with van der Waals surface area (Å²) in [6, 6.07) is 0. The van der Waals surface area contributed by atoms with Gasteiger partial charge in [0.15, 0.2) is 0 Å². The molecule has 0 bridgehead atoms. The van der Waals surface area contributed by atoms with Gasteiger partial charge in [-0.15, -0.1) is 6.42 Å². The lowest BCUT2D eigenvalue weighted by Crippen LogP contribution is -2.56. The van der Waals surface area contributed by atoms with Gasteiger partial charge in [0, 0.05) is 5.92 Å². The first-order chi connectivity index (χ1) is 12.3. The summed E-state index contributed by atoms with van der Waals surface area (Å²) < 4.78 is 0. The highest BCUT2D eigenvalue weighted by Gasteiger charge is 2.61. The van der Waals surface area contributed by atoms with E-state index in [0.29, 0.717) is 28.4 Å². The molecule has 144 valence electrons. The molecule has 4 fully saturated rings. The fourth-order valence-corrected chi connectivity index (χ4v) is 8.39. The summed E-state index contributed by atoms with van der Waals surface area (Å²) in [5, 5.41) is 11.2. The maximum absolute atomic E-state index is 12.5. The number of carbonyl (C=O) groups excluding carboxylic acids is 1. The SMILES string of the molecule is C#C[C@@]1(O)CC[C@@]2(C)[C@H](CC[C@@H]3[C@@H]2CC[C@]2(C)[C@@H](C(=O)CBr)CC[C@@H]32)C1. The summed E-state index contributed by atoms with van der Waals surface area (Å²) in [7, 11) is 0. The van der Waals surface area contributed by atoms with Gasteiger partial charge in [0.25, 0.3) is 0 Å². The second-order valence-corrected chi connectivity index (χ2v) is 10.9. The summed E-state index contributed by atoms with van der Waals surface area (Å²) in [6.45, 7) is 4.90. The van der Waals surface area contributed by atoms with Crippen LogP contribution in [0.15, 0.2) is 0 Å². The molecule has 0 heterocycles. The zero-order chi connectivity index (χ0) is 18.7. The molecule has 3 heteroatoms. The van der Waals surface area contributed by atoms with Crippen LogP contribution in [0.5, 0.6) is 0 Å². The van der Waals surface area contributed by atoms with Gasteiger partial charge in [-0.2, -0.15) is 0 Å². The van der Waals surface area contributed by atoms with Gasteiger partial charge in [-0.1, -0.05) is 35.7 Å². The average molecular weight is 421 g/mol. The monoisotopic (exact) mass is 420 g/mol. The van der Waals surface area contributed by atoms with Crippen LogP contribution >= 0.6 is 15.9 Å². The van der Waals surface area contributed by atoms with Gasteiger partial charge in [0.1, 0.15) is 11.4 Å². The van der Waals surface area contributed by atoms with Crippen LogP contribution in [0.1, 0.15) is 71.6 Å². The molecule has 0 saturated heterocycles. The number of halogens is 1. The van der Waals surface area contributed by atoms with Crippen LogP contribution in [0.4, 0.5) is 0 Å². The van der Waals surface area contributed by atoms with Crippen molar-refractivity contribution in [2.45, 2.75) is 77.2 Å². The lowest BCUT2D eigenvalue weighted by molar-refractivity contribution is -0.144. The Morgan fingerprint density at radius 2 is 1.81 bits per heavy atom. The molecule has 0 aromatic rings. The Bertz CT molecular complexity index is 639. The number of aliphatic hydroxyl groups is 1. The molecule has 4 rings (SSSR count). The zero-order valence-corrected chi connectivity index (χ0v) is 17.9. The topological polar surface area (TPSA) is 37.3 Å². The van der Waals surface area contributed by atoms with Crippen molar-refractivity contribution in [2.24, 2.45) is 40.4 Å². The van der Waals surface area contributed by atoms with Crippen molar-refractivity contribution in [3.63, 3.8) is 0 Å². The largest absolute Gasteiger partial charge is 0.378 e. The fourth-order valence-electron chi connectivity index (χ4n) is 8.00. The molecule has 0 unspecified atom stereocenters. The predicted octanol–water partition coefficient (Wildman–Crippen LogP) is 4.97. The smallest absolute Gasteiger partial charge is 0.147 e. The molecule has 2 nitrogen and oxygen atoms in total. The first kappa shape index (κ1) is 19.0. The molecule has 0 radical (unpaired) electrons. The van der Waals surface area contributed by atoms with E-state index in [4.69, 9.17) is 6.42 Å². The quantitative estimate of drug-likeness (QED) is 0.505. The number of alkyl halides is 1. The Morgan fingerprint density at radius 3 is 2.50 bits per heavy atom. The van der Waals surface area contributed by atoms with E-state index in [-0.39, 0.29) is 11.3 Å². The minimum Gasteiger partial charge on any atom is -0.378 e. The van der Waals surface area contributed by atoms with E-state index in [9.17, 15) is 9.90 Å². The Balaban J connectivity index is 1.59. The highest BCUT2D eigenvalue weighted by Crippen LogP contribution is 2.68. The number of hydrogen-bond donors (Lipinski definition) is 1. The fraction of sp³-hybridized carbons (Fsp3) is 0.870. The number of hydrogen-bond acceptors (Lipinski definition) is 2. The van der Waals surface area contributed by atoms with E-state index < -0.39 is 5.60 Å². The van der Waals surface area contributed by atoms with Crippen molar-refractivity contribution < 1.29 is 9.90 Å². The highest BCUT2D eigenvalue weighted by atomic mass is 79.9. The summed E-state index contributed by atoms with van der Waals surface area (Å²) in [4.78, 5) is 12.5. The van der Waals surface area contributed by atoms with E-state index in [1.54, 1.807) is 0 Å². The minimum atomic E-state index is -0.874. The molecule has 4 saturated carbocycles. The molecule has 1 N–H and O–H groups in total. The van der Waals surface area contributed by atoms with E-state index in [1.807, 2.05) is 0 Å². The van der Waals surface area contributed by atoms with Gasteiger partial charge in [-0.05, 0) is 92.3 Å². The molecule has 0 amide bonds. The van der Waals surface area contributed by atoms with Crippen LogP contribution in [-0.4, -0.2) is 21.8 Å². The molecule has 0 spiro atoms. The van der Waals surface area contributed by atoms with Gasteiger partial charge in [-0.3, -0.25) is 4.79 Å². The molecule has 0 aromatic carbocycles. The van der Waals surface area contributed by atoms with Crippen molar-refractivity contribution in [1.29, 1.82) is 0 Å². The van der Waals surface area contributed by atoms with E-state index >= 15 is 0 Å². The summed E-state index contributed by atoms with van der Waals surface area (Å²) >= 11 is 3.42. The molecule has 0 aromatic heterocycles. The van der Waals surface area contributed by atoms with Gasteiger partial charge in [0.2, 0.25) is 0 Å². The second-order valence-electron chi connectivity index (χ2n) is 10.3. The first-order valence-electron chi connectivity index (χ1n) is 10.6. The lowest BCUT2D eigenvalue weighted by Gasteiger charge is -2.61. The van der Waals surface area contributed by atoms with Gasteiger partial charge in [0.05, 0.1) is 5.33 Å². The summed E-state index contributed by atoms with van der Waals surface area (Å²) in [5.41, 5.74) is -0.338. The number of rotatable bonds is 2. The third kappa shape index (κ3) is 2.58. The minimum absolute atomic E-state index is 0.212. The van der Waals surface area contributed by atoms with Crippen LogP contribution in [0.2, 0.25) is 0 Å². The van der Waals surface area contributed by atoms with Crippen LogP contribution < -0.4 is 0 Å². The first-order valence-corrected chi connectivity index (χ1v) is 11.7. The number of ketones is 1. The van der Waals surface area contributed by atoms with E-state index in [0.717, 1.165) is 37.5 Å². The Labute approximate surface area is 167 Å². The van der Waals surface area contributed by atoms with Gasteiger partial charge < -0.3 is 5.11 Å². The summed E-state index contributed by atoms with van der Waals surface area (Å²) in [6.07, 6.45) is 15.5. The van der Waals surface area contributed by atoms with Crippen LogP contribution in [0.25, 0.3) is 0 Å². The molecule has 8 atom stereocenters. The third-order valence-corrected chi connectivity index (χ3v) is 10.1. The van der Waals surface area contributed by atoms with Crippen LogP contribution in [0.3, 0.4) is 0 Å². The lowest BCUT2D eigenvalue weighted by atomic mass is 9.44. The molecular formula is C23H33BrO2. The number of fused-ring (bicyclic) bond motifs is 5. The van der Waals surface area contributed by atoms with Gasteiger partial charge >= 0.3 is 0 Å². The normalized spacial score (nSPS) is 53.1. The third-order valence-electron chi connectivity index (χ3n) is 9.52. The molecule has 4 aliphatic rings. The van der Waals surface area contributed by atoms with Crippen LogP contribution in [-0.2, 0) is 4.79 Å². The Morgan fingerprint density at radius 1 is 1.08 bits per heavy atom.